The largest absolute Gasteiger partial charge is 0.352 e. The number of amides is 2. The van der Waals surface area contributed by atoms with E-state index in [0.29, 0.717) is 5.56 Å². The molecule has 1 rings (SSSR count). The highest BCUT2D eigenvalue weighted by molar-refractivity contribution is 5.94. The maximum atomic E-state index is 11.6. The number of pyridine rings is 1. The van der Waals surface area contributed by atoms with Crippen molar-refractivity contribution in [2.45, 2.75) is 19.9 Å². The number of nitrogens with one attached hydrogen (secondary N) is 2. The maximum Gasteiger partial charge on any atom is 0.270 e. The molecule has 0 radical (unpaired) electrons. The molecule has 18 heavy (non-hydrogen) atoms. The maximum absolute atomic E-state index is 11.6. The van der Waals surface area contributed by atoms with Crippen LogP contribution in [0.5, 0.6) is 0 Å². The number of nitriles is 1. The Balaban J connectivity index is 2.50. The molecule has 0 aliphatic rings. The smallest absolute Gasteiger partial charge is 0.270 e. The Kier molecular flexibility index (Phi) is 4.81. The molecule has 0 spiro atoms. The molecule has 1 aromatic rings. The molecule has 0 fully saturated rings. The molecule has 1 heterocycles. The SMILES string of the molecule is CC(C)NC(=O)CNC(=O)c1ccc(C#N)cn1. The van der Waals surface area contributed by atoms with Gasteiger partial charge in [0.15, 0.2) is 0 Å². The van der Waals surface area contributed by atoms with Crippen LogP contribution in [0.3, 0.4) is 0 Å². The fourth-order valence-electron chi connectivity index (χ4n) is 1.22. The highest BCUT2D eigenvalue weighted by atomic mass is 16.2. The van der Waals surface area contributed by atoms with E-state index in [1.54, 1.807) is 0 Å². The lowest BCUT2D eigenvalue weighted by Crippen LogP contribution is -2.40. The molecule has 2 amide bonds. The zero-order chi connectivity index (χ0) is 13.5. The minimum Gasteiger partial charge on any atom is -0.352 e. The zero-order valence-electron chi connectivity index (χ0n) is 10.2. The average Bonchev–Trinajstić information content (AvgIpc) is 2.35. The fourth-order valence-corrected chi connectivity index (χ4v) is 1.22. The second-order valence-corrected chi connectivity index (χ2v) is 3.95. The fraction of sp³-hybridized carbons (Fsp3) is 0.333. The summed E-state index contributed by atoms with van der Waals surface area (Å²) in [6.07, 6.45) is 1.31. The van der Waals surface area contributed by atoms with Gasteiger partial charge in [0, 0.05) is 12.2 Å². The van der Waals surface area contributed by atoms with Crippen molar-refractivity contribution in [3.05, 3.63) is 29.6 Å². The average molecular weight is 246 g/mol. The van der Waals surface area contributed by atoms with Crippen LogP contribution in [0.1, 0.15) is 29.9 Å². The molecule has 0 saturated heterocycles. The summed E-state index contributed by atoms with van der Waals surface area (Å²) < 4.78 is 0. The lowest BCUT2D eigenvalue weighted by atomic mass is 10.2. The first kappa shape index (κ1) is 13.6. The summed E-state index contributed by atoms with van der Waals surface area (Å²) in [6.45, 7) is 3.57. The predicted octanol–water partition coefficient (Wildman–Crippen LogP) is 0.208. The molecule has 0 aliphatic carbocycles. The third-order valence-corrected chi connectivity index (χ3v) is 1.98. The van der Waals surface area contributed by atoms with Crippen LogP contribution in [-0.2, 0) is 4.79 Å². The Labute approximate surface area is 105 Å². The van der Waals surface area contributed by atoms with Crippen LogP contribution in [0.15, 0.2) is 18.3 Å². The standard InChI is InChI=1S/C12H14N4O2/c1-8(2)16-11(17)7-15-12(18)10-4-3-9(5-13)6-14-10/h3-4,6,8H,7H2,1-2H3,(H,15,18)(H,16,17). The van der Waals surface area contributed by atoms with Crippen LogP contribution >= 0.6 is 0 Å². The highest BCUT2D eigenvalue weighted by Crippen LogP contribution is 1.98. The van der Waals surface area contributed by atoms with Gasteiger partial charge in [-0.15, -0.1) is 0 Å². The van der Waals surface area contributed by atoms with Crippen LogP contribution in [0.4, 0.5) is 0 Å². The molecule has 0 aromatic carbocycles. The van der Waals surface area contributed by atoms with E-state index in [-0.39, 0.29) is 24.2 Å². The summed E-state index contributed by atoms with van der Waals surface area (Å²) in [5.41, 5.74) is 0.551. The quantitative estimate of drug-likeness (QED) is 0.793. The molecule has 0 saturated carbocycles. The minimum absolute atomic E-state index is 0.0300. The summed E-state index contributed by atoms with van der Waals surface area (Å²) in [5.74, 6) is -0.703. The van der Waals surface area contributed by atoms with Crippen molar-refractivity contribution in [3.63, 3.8) is 0 Å². The van der Waals surface area contributed by atoms with Crippen molar-refractivity contribution in [1.82, 2.24) is 15.6 Å². The topological polar surface area (TPSA) is 94.9 Å². The minimum atomic E-state index is -0.446. The Morgan fingerprint density at radius 1 is 1.44 bits per heavy atom. The van der Waals surface area contributed by atoms with Gasteiger partial charge < -0.3 is 10.6 Å². The normalized spacial score (nSPS) is 9.67. The molecular formula is C12H14N4O2. The Morgan fingerprint density at radius 2 is 2.17 bits per heavy atom. The van der Waals surface area contributed by atoms with Crippen molar-refractivity contribution >= 4 is 11.8 Å². The number of hydrogen-bond acceptors (Lipinski definition) is 4. The molecule has 0 bridgehead atoms. The van der Waals surface area contributed by atoms with E-state index in [1.165, 1.54) is 18.3 Å². The molecule has 0 unspecified atom stereocenters. The highest BCUT2D eigenvalue weighted by Gasteiger charge is 2.09. The van der Waals surface area contributed by atoms with E-state index >= 15 is 0 Å². The van der Waals surface area contributed by atoms with Crippen LogP contribution in [-0.4, -0.2) is 29.4 Å². The molecule has 1 aromatic heterocycles. The number of aromatic nitrogens is 1. The number of rotatable bonds is 4. The Bertz CT molecular complexity index is 474. The van der Waals surface area contributed by atoms with Crippen molar-refractivity contribution in [2.24, 2.45) is 0 Å². The monoisotopic (exact) mass is 246 g/mol. The Hall–Kier alpha value is -2.42. The van der Waals surface area contributed by atoms with Gasteiger partial charge in [0.2, 0.25) is 5.91 Å². The van der Waals surface area contributed by atoms with Gasteiger partial charge in [0.05, 0.1) is 12.1 Å². The number of nitrogens with zero attached hydrogens (tertiary/aromatic N) is 2. The first-order valence-corrected chi connectivity index (χ1v) is 5.46. The number of hydrogen-bond donors (Lipinski definition) is 2. The van der Waals surface area contributed by atoms with E-state index in [2.05, 4.69) is 15.6 Å². The van der Waals surface area contributed by atoms with Crippen molar-refractivity contribution in [2.75, 3.05) is 6.54 Å². The van der Waals surface area contributed by atoms with Crippen molar-refractivity contribution in [1.29, 1.82) is 5.26 Å². The van der Waals surface area contributed by atoms with Gasteiger partial charge >= 0.3 is 0 Å². The molecule has 0 atom stereocenters. The third kappa shape index (κ3) is 4.22. The second-order valence-electron chi connectivity index (χ2n) is 3.95. The van der Waals surface area contributed by atoms with Crippen LogP contribution in [0, 0.1) is 11.3 Å². The number of carbonyl (C=O) groups excluding carboxylic acids is 2. The summed E-state index contributed by atoms with van der Waals surface area (Å²) in [4.78, 5) is 26.7. The summed E-state index contributed by atoms with van der Waals surface area (Å²) in [6, 6.07) is 4.87. The van der Waals surface area contributed by atoms with E-state index in [1.807, 2.05) is 19.9 Å². The number of carbonyl (C=O) groups is 2. The molecule has 6 heteroatoms. The van der Waals surface area contributed by atoms with Crippen LogP contribution in [0.25, 0.3) is 0 Å². The van der Waals surface area contributed by atoms with Gasteiger partial charge in [-0.3, -0.25) is 9.59 Å². The third-order valence-electron chi connectivity index (χ3n) is 1.98. The van der Waals surface area contributed by atoms with Crippen LogP contribution < -0.4 is 10.6 Å². The lowest BCUT2D eigenvalue weighted by molar-refractivity contribution is -0.120. The van der Waals surface area contributed by atoms with E-state index < -0.39 is 5.91 Å². The Morgan fingerprint density at radius 3 is 2.67 bits per heavy atom. The van der Waals surface area contributed by atoms with Gasteiger partial charge in [-0.05, 0) is 26.0 Å². The lowest BCUT2D eigenvalue weighted by Gasteiger charge is -2.08. The van der Waals surface area contributed by atoms with Gasteiger partial charge in [0.1, 0.15) is 11.8 Å². The van der Waals surface area contributed by atoms with Crippen molar-refractivity contribution < 1.29 is 9.59 Å². The zero-order valence-corrected chi connectivity index (χ0v) is 10.2. The summed E-state index contributed by atoms with van der Waals surface area (Å²) in [7, 11) is 0. The van der Waals surface area contributed by atoms with E-state index in [4.69, 9.17) is 5.26 Å². The molecule has 94 valence electrons. The van der Waals surface area contributed by atoms with Gasteiger partial charge in [-0.25, -0.2) is 4.98 Å². The first-order chi connectivity index (χ1) is 8.52. The van der Waals surface area contributed by atoms with Gasteiger partial charge in [-0.1, -0.05) is 0 Å². The van der Waals surface area contributed by atoms with Crippen LogP contribution in [0.2, 0.25) is 0 Å². The molecule has 2 N–H and O–H groups in total. The first-order valence-electron chi connectivity index (χ1n) is 5.46. The molecule has 0 aliphatic heterocycles. The van der Waals surface area contributed by atoms with Gasteiger partial charge in [-0.2, -0.15) is 5.26 Å². The van der Waals surface area contributed by atoms with E-state index in [9.17, 15) is 9.59 Å². The molecule has 6 nitrogen and oxygen atoms in total. The summed E-state index contributed by atoms with van der Waals surface area (Å²) >= 11 is 0. The second kappa shape index (κ2) is 6.35. The van der Waals surface area contributed by atoms with E-state index in [0.717, 1.165) is 0 Å². The molecular weight excluding hydrogens is 232 g/mol. The van der Waals surface area contributed by atoms with Crippen molar-refractivity contribution in [3.8, 4) is 6.07 Å². The summed E-state index contributed by atoms with van der Waals surface area (Å²) in [5, 5.41) is 13.7. The predicted molar refractivity (Wildman–Crippen MR) is 64.6 cm³/mol. The van der Waals surface area contributed by atoms with Gasteiger partial charge in [0.25, 0.3) is 5.91 Å².